The molecule has 0 radical (unpaired) electrons. The van der Waals surface area contributed by atoms with Crippen molar-refractivity contribution < 1.29 is 9.59 Å². The Bertz CT molecular complexity index is 821. The maximum atomic E-state index is 13.2. The number of hydrogen-bond donors (Lipinski definition) is 0. The van der Waals surface area contributed by atoms with Gasteiger partial charge in [-0.3, -0.25) is 14.6 Å². The van der Waals surface area contributed by atoms with Gasteiger partial charge in [0.1, 0.15) is 5.69 Å². The Labute approximate surface area is 150 Å². The molecule has 0 aliphatic carbocycles. The number of likely N-dealkylation sites (tertiary alicyclic amines) is 1. The molecule has 2 aromatic heterocycles. The largest absolute Gasteiger partial charge is 0.336 e. The number of anilines is 1. The second kappa shape index (κ2) is 5.91. The first-order chi connectivity index (χ1) is 12.0. The minimum Gasteiger partial charge on any atom is -0.336 e. The van der Waals surface area contributed by atoms with Gasteiger partial charge in [-0.2, -0.15) is 0 Å². The van der Waals surface area contributed by atoms with Gasteiger partial charge in [0.2, 0.25) is 5.91 Å². The van der Waals surface area contributed by atoms with Crippen molar-refractivity contribution in [1.29, 1.82) is 0 Å². The average molecular weight is 356 g/mol. The van der Waals surface area contributed by atoms with E-state index >= 15 is 0 Å². The van der Waals surface area contributed by atoms with Gasteiger partial charge >= 0.3 is 0 Å². The van der Waals surface area contributed by atoms with Crippen LogP contribution in [0.25, 0.3) is 0 Å². The van der Waals surface area contributed by atoms with E-state index < -0.39 is 5.41 Å². The summed E-state index contributed by atoms with van der Waals surface area (Å²) in [5, 5.41) is 2.68. The van der Waals surface area contributed by atoms with Crippen LogP contribution in [0.2, 0.25) is 0 Å². The third kappa shape index (κ3) is 2.54. The van der Waals surface area contributed by atoms with E-state index in [9.17, 15) is 9.59 Å². The molecular formula is C18H20N4O2S. The maximum Gasteiger partial charge on any atom is 0.273 e. The lowest BCUT2D eigenvalue weighted by atomic mass is 9.78. The first-order valence-corrected chi connectivity index (χ1v) is 9.32. The SMILES string of the molecule is Cc1nc(C(=O)N2C[C@@H](C)[C@@]3(CCN(c4cccnc4)C3=O)C2)cs1. The van der Waals surface area contributed by atoms with Crippen molar-refractivity contribution in [1.82, 2.24) is 14.9 Å². The summed E-state index contributed by atoms with van der Waals surface area (Å²) in [6, 6.07) is 3.75. The van der Waals surface area contributed by atoms with Crippen molar-refractivity contribution in [3.8, 4) is 0 Å². The molecule has 130 valence electrons. The Hall–Kier alpha value is -2.28. The van der Waals surface area contributed by atoms with Gasteiger partial charge in [0.15, 0.2) is 0 Å². The molecule has 0 aromatic carbocycles. The number of amides is 2. The van der Waals surface area contributed by atoms with Crippen LogP contribution >= 0.6 is 11.3 Å². The molecule has 4 heterocycles. The zero-order valence-corrected chi connectivity index (χ0v) is 15.1. The first kappa shape index (κ1) is 16.2. The van der Waals surface area contributed by atoms with E-state index in [1.807, 2.05) is 24.0 Å². The number of carbonyl (C=O) groups is 2. The lowest BCUT2D eigenvalue weighted by molar-refractivity contribution is -0.126. The standard InChI is InChI=1S/C18H20N4O2S/c1-12-9-21(16(23)15-10-25-13(2)20-15)11-18(12)5-7-22(17(18)24)14-4-3-6-19-8-14/h3-4,6,8,10,12H,5,7,9,11H2,1-2H3/t12-,18-/m1/s1. The van der Waals surface area contributed by atoms with E-state index in [0.717, 1.165) is 17.1 Å². The van der Waals surface area contributed by atoms with Gasteiger partial charge in [-0.1, -0.05) is 6.92 Å². The predicted octanol–water partition coefficient (Wildman–Crippen LogP) is 2.36. The Morgan fingerprint density at radius 1 is 1.44 bits per heavy atom. The van der Waals surface area contributed by atoms with Crippen LogP contribution in [0.5, 0.6) is 0 Å². The van der Waals surface area contributed by atoms with Crippen LogP contribution < -0.4 is 4.90 Å². The number of hydrogen-bond acceptors (Lipinski definition) is 5. The summed E-state index contributed by atoms with van der Waals surface area (Å²) in [5.41, 5.74) is 0.828. The van der Waals surface area contributed by atoms with E-state index in [-0.39, 0.29) is 17.7 Å². The highest BCUT2D eigenvalue weighted by Gasteiger charge is 2.56. The maximum absolute atomic E-state index is 13.2. The zero-order chi connectivity index (χ0) is 17.6. The molecular weight excluding hydrogens is 336 g/mol. The summed E-state index contributed by atoms with van der Waals surface area (Å²) in [4.78, 5) is 38.0. The van der Waals surface area contributed by atoms with E-state index in [1.54, 1.807) is 22.7 Å². The monoisotopic (exact) mass is 356 g/mol. The van der Waals surface area contributed by atoms with Gasteiger partial charge in [-0.05, 0) is 31.4 Å². The third-order valence-electron chi connectivity index (χ3n) is 5.45. The number of aromatic nitrogens is 2. The lowest BCUT2D eigenvalue weighted by Gasteiger charge is -2.26. The van der Waals surface area contributed by atoms with Crippen molar-refractivity contribution in [3.05, 3.63) is 40.6 Å². The van der Waals surface area contributed by atoms with Gasteiger partial charge < -0.3 is 9.80 Å². The molecule has 0 unspecified atom stereocenters. The Kier molecular flexibility index (Phi) is 3.83. The summed E-state index contributed by atoms with van der Waals surface area (Å²) in [7, 11) is 0. The molecule has 0 N–H and O–H groups in total. The molecule has 2 aliphatic heterocycles. The van der Waals surface area contributed by atoms with Gasteiger partial charge in [-0.15, -0.1) is 11.3 Å². The lowest BCUT2D eigenvalue weighted by Crippen LogP contribution is -2.40. The summed E-state index contributed by atoms with van der Waals surface area (Å²) in [6.45, 7) is 5.71. The van der Waals surface area contributed by atoms with Crippen LogP contribution in [-0.4, -0.2) is 46.3 Å². The van der Waals surface area contributed by atoms with Gasteiger partial charge in [0.05, 0.1) is 22.3 Å². The van der Waals surface area contributed by atoms with Crippen molar-refractivity contribution in [2.75, 3.05) is 24.5 Å². The molecule has 2 amide bonds. The Balaban J connectivity index is 1.57. The van der Waals surface area contributed by atoms with E-state index in [4.69, 9.17) is 0 Å². The quantitative estimate of drug-likeness (QED) is 0.828. The van der Waals surface area contributed by atoms with Gasteiger partial charge in [-0.25, -0.2) is 4.98 Å². The molecule has 2 aromatic rings. The first-order valence-electron chi connectivity index (χ1n) is 8.45. The molecule has 1 spiro atoms. The molecule has 4 rings (SSSR count). The van der Waals surface area contributed by atoms with Crippen LogP contribution in [-0.2, 0) is 4.79 Å². The number of aryl methyl sites for hydroxylation is 1. The van der Waals surface area contributed by atoms with Crippen LogP contribution in [0.15, 0.2) is 29.9 Å². The van der Waals surface area contributed by atoms with Crippen LogP contribution in [0.1, 0.15) is 28.8 Å². The number of thiazole rings is 1. The molecule has 6 nitrogen and oxygen atoms in total. The van der Waals surface area contributed by atoms with Crippen LogP contribution in [0.4, 0.5) is 5.69 Å². The third-order valence-corrected chi connectivity index (χ3v) is 6.22. The smallest absolute Gasteiger partial charge is 0.273 e. The minimum absolute atomic E-state index is 0.0688. The van der Waals surface area contributed by atoms with Crippen molar-refractivity contribution in [2.24, 2.45) is 11.3 Å². The summed E-state index contributed by atoms with van der Waals surface area (Å²) >= 11 is 1.47. The van der Waals surface area contributed by atoms with Crippen molar-refractivity contribution >= 4 is 28.8 Å². The zero-order valence-electron chi connectivity index (χ0n) is 14.3. The van der Waals surface area contributed by atoms with Crippen LogP contribution in [0, 0.1) is 18.3 Å². The van der Waals surface area contributed by atoms with Gasteiger partial charge in [0, 0.05) is 31.2 Å². The van der Waals surface area contributed by atoms with Gasteiger partial charge in [0.25, 0.3) is 5.91 Å². The molecule has 7 heteroatoms. The van der Waals surface area contributed by atoms with Crippen LogP contribution in [0.3, 0.4) is 0 Å². The molecule has 2 saturated heterocycles. The molecule has 2 fully saturated rings. The highest BCUT2D eigenvalue weighted by molar-refractivity contribution is 7.09. The normalized spacial score (nSPS) is 26.0. The Morgan fingerprint density at radius 2 is 2.28 bits per heavy atom. The average Bonchev–Trinajstić information content (AvgIpc) is 3.28. The summed E-state index contributed by atoms with van der Waals surface area (Å²) in [6.07, 6.45) is 4.19. The number of carbonyl (C=O) groups excluding carboxylic acids is 2. The number of rotatable bonds is 2. The summed E-state index contributed by atoms with van der Waals surface area (Å²) in [5.74, 6) is 0.170. The molecule has 2 atom stereocenters. The molecule has 25 heavy (non-hydrogen) atoms. The fourth-order valence-corrected chi connectivity index (χ4v) is 4.58. The number of pyridine rings is 1. The van der Waals surface area contributed by atoms with Crippen molar-refractivity contribution in [2.45, 2.75) is 20.3 Å². The number of nitrogens with zero attached hydrogens (tertiary/aromatic N) is 4. The topological polar surface area (TPSA) is 66.4 Å². The minimum atomic E-state index is -0.490. The fourth-order valence-electron chi connectivity index (χ4n) is 4.00. The molecule has 0 bridgehead atoms. The van der Waals surface area contributed by atoms with E-state index in [0.29, 0.717) is 25.3 Å². The fraction of sp³-hybridized carbons (Fsp3) is 0.444. The van der Waals surface area contributed by atoms with E-state index in [2.05, 4.69) is 16.9 Å². The summed E-state index contributed by atoms with van der Waals surface area (Å²) < 4.78 is 0. The highest BCUT2D eigenvalue weighted by Crippen LogP contribution is 2.46. The molecule has 2 aliphatic rings. The van der Waals surface area contributed by atoms with E-state index in [1.165, 1.54) is 11.3 Å². The highest BCUT2D eigenvalue weighted by atomic mass is 32.1. The second-order valence-corrected chi connectivity index (χ2v) is 7.97. The molecule has 0 saturated carbocycles. The second-order valence-electron chi connectivity index (χ2n) is 6.91. The predicted molar refractivity (Wildman–Crippen MR) is 95.6 cm³/mol. The van der Waals surface area contributed by atoms with Crippen molar-refractivity contribution in [3.63, 3.8) is 0 Å². The Morgan fingerprint density at radius 3 is 2.96 bits per heavy atom.